The van der Waals surface area contributed by atoms with Gasteiger partial charge >= 0.3 is 5.97 Å². The summed E-state index contributed by atoms with van der Waals surface area (Å²) in [5.74, 6) is -1.46. The van der Waals surface area contributed by atoms with E-state index in [-0.39, 0.29) is 24.1 Å². The van der Waals surface area contributed by atoms with E-state index in [0.29, 0.717) is 19.6 Å². The molecule has 1 aliphatic rings. The Kier molecular flexibility index (Phi) is 4.47. The minimum Gasteiger partial charge on any atom is -0.465 e. The van der Waals surface area contributed by atoms with Crippen LogP contribution >= 0.6 is 0 Å². The van der Waals surface area contributed by atoms with Crippen molar-refractivity contribution in [3.05, 3.63) is 35.4 Å². The summed E-state index contributed by atoms with van der Waals surface area (Å²) in [5, 5.41) is 0. The van der Waals surface area contributed by atoms with Crippen LogP contribution in [0.25, 0.3) is 0 Å². The first-order chi connectivity index (χ1) is 9.13. The third-order valence-corrected chi connectivity index (χ3v) is 3.35. The highest BCUT2D eigenvalue weighted by Crippen LogP contribution is 2.23. The van der Waals surface area contributed by atoms with E-state index < -0.39 is 11.6 Å². The van der Waals surface area contributed by atoms with Gasteiger partial charge in [-0.25, -0.2) is 8.78 Å². The lowest BCUT2D eigenvalue weighted by Crippen LogP contribution is -2.37. The van der Waals surface area contributed by atoms with Gasteiger partial charge in [-0.05, 0) is 38.4 Å². The monoisotopic (exact) mass is 269 g/mol. The average Bonchev–Trinajstić information content (AvgIpc) is 2.82. The molecule has 0 aromatic heterocycles. The summed E-state index contributed by atoms with van der Waals surface area (Å²) in [5.41, 5.74) is 0.0127. The van der Waals surface area contributed by atoms with E-state index in [9.17, 15) is 13.6 Å². The van der Waals surface area contributed by atoms with Crippen molar-refractivity contribution in [1.29, 1.82) is 0 Å². The van der Waals surface area contributed by atoms with E-state index in [2.05, 4.69) is 0 Å². The first-order valence-corrected chi connectivity index (χ1v) is 6.47. The molecule has 104 valence electrons. The van der Waals surface area contributed by atoms with Crippen LogP contribution in [-0.4, -0.2) is 30.1 Å². The summed E-state index contributed by atoms with van der Waals surface area (Å²) in [6, 6.07) is 3.40. The molecule has 0 amide bonds. The van der Waals surface area contributed by atoms with E-state index in [1.165, 1.54) is 18.2 Å². The van der Waals surface area contributed by atoms with Gasteiger partial charge in [0.2, 0.25) is 0 Å². The molecule has 1 saturated heterocycles. The van der Waals surface area contributed by atoms with Gasteiger partial charge in [0.25, 0.3) is 0 Å². The summed E-state index contributed by atoms with van der Waals surface area (Å²) < 4.78 is 32.2. The number of esters is 1. The van der Waals surface area contributed by atoms with Crippen molar-refractivity contribution in [3.63, 3.8) is 0 Å². The number of nitrogens with zero attached hydrogens (tertiary/aromatic N) is 1. The number of likely N-dealkylation sites (tertiary alicyclic amines) is 1. The van der Waals surface area contributed by atoms with Gasteiger partial charge in [0, 0.05) is 12.1 Å². The average molecular weight is 269 g/mol. The normalized spacial score (nSPS) is 19.6. The molecule has 5 heteroatoms. The van der Waals surface area contributed by atoms with Crippen molar-refractivity contribution >= 4 is 5.97 Å². The van der Waals surface area contributed by atoms with E-state index in [1.807, 2.05) is 0 Å². The molecule has 2 rings (SSSR count). The fourth-order valence-corrected chi connectivity index (χ4v) is 2.41. The second-order valence-electron chi connectivity index (χ2n) is 4.58. The maximum atomic E-state index is 13.6. The number of hydrogen-bond acceptors (Lipinski definition) is 3. The lowest BCUT2D eigenvalue weighted by atomic mass is 10.1. The standard InChI is InChI=1S/C14H17F2NO2/c1-2-19-14(18)13-7-4-8-17(13)9-10-11(15)5-3-6-12(10)16/h3,5-6,13H,2,4,7-9H2,1H3. The predicted octanol–water partition coefficient (Wildman–Crippen LogP) is 2.49. The van der Waals surface area contributed by atoms with Gasteiger partial charge in [-0.3, -0.25) is 9.69 Å². The molecule has 19 heavy (non-hydrogen) atoms. The van der Waals surface area contributed by atoms with Gasteiger partial charge in [-0.2, -0.15) is 0 Å². The second kappa shape index (κ2) is 6.10. The van der Waals surface area contributed by atoms with Crippen LogP contribution in [0.3, 0.4) is 0 Å². The molecule has 3 nitrogen and oxygen atoms in total. The molecule has 0 saturated carbocycles. The first kappa shape index (κ1) is 13.9. The summed E-state index contributed by atoms with van der Waals surface area (Å²) in [6.45, 7) is 2.81. The molecule has 1 atom stereocenters. The van der Waals surface area contributed by atoms with Crippen LogP contribution in [0.5, 0.6) is 0 Å². The van der Waals surface area contributed by atoms with E-state index >= 15 is 0 Å². The lowest BCUT2D eigenvalue weighted by Gasteiger charge is -2.23. The maximum absolute atomic E-state index is 13.6. The number of ether oxygens (including phenoxy) is 1. The Balaban J connectivity index is 2.11. The maximum Gasteiger partial charge on any atom is 0.323 e. The van der Waals surface area contributed by atoms with Gasteiger partial charge in [-0.15, -0.1) is 0 Å². The van der Waals surface area contributed by atoms with Crippen molar-refractivity contribution in [1.82, 2.24) is 4.90 Å². The van der Waals surface area contributed by atoms with E-state index in [4.69, 9.17) is 4.74 Å². The molecule has 1 unspecified atom stereocenters. The Bertz CT molecular complexity index is 445. The number of rotatable bonds is 4. The zero-order valence-corrected chi connectivity index (χ0v) is 10.9. The van der Waals surface area contributed by atoms with Crippen LogP contribution in [0.2, 0.25) is 0 Å². The Labute approximate surface area is 111 Å². The number of carbonyl (C=O) groups is 1. The van der Waals surface area contributed by atoms with Crippen LogP contribution < -0.4 is 0 Å². The summed E-state index contributed by atoms with van der Waals surface area (Å²) in [7, 11) is 0. The third kappa shape index (κ3) is 3.10. The molecule has 0 aliphatic carbocycles. The number of benzene rings is 1. The largest absolute Gasteiger partial charge is 0.465 e. The molecule has 1 heterocycles. The van der Waals surface area contributed by atoms with E-state index in [1.54, 1.807) is 11.8 Å². The number of halogens is 2. The minimum absolute atomic E-state index is 0.0127. The molecule has 1 fully saturated rings. The smallest absolute Gasteiger partial charge is 0.323 e. The van der Waals surface area contributed by atoms with Crippen molar-refractivity contribution in [2.24, 2.45) is 0 Å². The van der Waals surface area contributed by atoms with Gasteiger partial charge in [0.1, 0.15) is 17.7 Å². The Morgan fingerprint density at radius 3 is 2.74 bits per heavy atom. The highest BCUT2D eigenvalue weighted by Gasteiger charge is 2.32. The first-order valence-electron chi connectivity index (χ1n) is 6.47. The molecule has 1 aromatic rings. The Morgan fingerprint density at radius 2 is 2.11 bits per heavy atom. The van der Waals surface area contributed by atoms with Gasteiger partial charge in [0.15, 0.2) is 0 Å². The van der Waals surface area contributed by atoms with Gasteiger partial charge in [0.05, 0.1) is 6.61 Å². The van der Waals surface area contributed by atoms with Crippen LogP contribution in [0.1, 0.15) is 25.3 Å². The van der Waals surface area contributed by atoms with Gasteiger partial charge in [-0.1, -0.05) is 6.07 Å². The van der Waals surface area contributed by atoms with Crippen molar-refractivity contribution in [2.75, 3.05) is 13.2 Å². The number of carbonyl (C=O) groups excluding carboxylic acids is 1. The van der Waals surface area contributed by atoms with Crippen LogP contribution in [0.15, 0.2) is 18.2 Å². The Hall–Kier alpha value is -1.49. The zero-order valence-electron chi connectivity index (χ0n) is 10.9. The minimum atomic E-state index is -0.575. The SMILES string of the molecule is CCOC(=O)C1CCCN1Cc1c(F)cccc1F. The van der Waals surface area contributed by atoms with Crippen LogP contribution in [-0.2, 0) is 16.1 Å². The second-order valence-corrected chi connectivity index (χ2v) is 4.58. The summed E-state index contributed by atoms with van der Waals surface area (Å²) in [4.78, 5) is 13.5. The van der Waals surface area contributed by atoms with Gasteiger partial charge < -0.3 is 4.74 Å². The molecule has 0 N–H and O–H groups in total. The van der Waals surface area contributed by atoms with E-state index in [0.717, 1.165) is 6.42 Å². The topological polar surface area (TPSA) is 29.5 Å². The zero-order chi connectivity index (χ0) is 13.8. The number of hydrogen-bond donors (Lipinski definition) is 0. The summed E-state index contributed by atoms with van der Waals surface area (Å²) in [6.07, 6.45) is 1.51. The molecular weight excluding hydrogens is 252 g/mol. The quantitative estimate of drug-likeness (QED) is 0.786. The van der Waals surface area contributed by atoms with Crippen LogP contribution in [0, 0.1) is 11.6 Å². The van der Waals surface area contributed by atoms with Crippen molar-refractivity contribution < 1.29 is 18.3 Å². The highest BCUT2D eigenvalue weighted by atomic mass is 19.1. The lowest BCUT2D eigenvalue weighted by molar-refractivity contribution is -0.148. The third-order valence-electron chi connectivity index (χ3n) is 3.35. The molecular formula is C14H17F2NO2. The molecule has 0 radical (unpaired) electrons. The van der Waals surface area contributed by atoms with Crippen molar-refractivity contribution in [3.8, 4) is 0 Å². The molecule has 1 aliphatic heterocycles. The summed E-state index contributed by atoms with van der Waals surface area (Å²) >= 11 is 0. The molecule has 0 spiro atoms. The van der Waals surface area contributed by atoms with Crippen LogP contribution in [0.4, 0.5) is 8.78 Å². The Morgan fingerprint density at radius 1 is 1.42 bits per heavy atom. The predicted molar refractivity (Wildman–Crippen MR) is 66.4 cm³/mol. The highest BCUT2D eigenvalue weighted by molar-refractivity contribution is 5.76. The fourth-order valence-electron chi connectivity index (χ4n) is 2.41. The molecule has 0 bridgehead atoms. The molecule has 1 aromatic carbocycles. The van der Waals surface area contributed by atoms with Crippen molar-refractivity contribution in [2.45, 2.75) is 32.4 Å². The fraction of sp³-hybridized carbons (Fsp3) is 0.500.